The van der Waals surface area contributed by atoms with Gasteiger partial charge in [-0.1, -0.05) is 0 Å². The Kier molecular flexibility index (Phi) is 19.5. The number of hydrogen-bond donors (Lipinski definition) is 2. The number of rotatable bonds is 11. The monoisotopic (exact) mass is 664 g/mol. The maximum absolute atomic E-state index is 11.9. The van der Waals surface area contributed by atoms with E-state index in [-0.39, 0.29) is 33.9 Å². The molecule has 0 heterocycles. The normalized spacial score (nSPS) is 10.2. The molecule has 2 rings (SSSR count). The van der Waals surface area contributed by atoms with E-state index >= 15 is 0 Å². The van der Waals surface area contributed by atoms with Crippen LogP contribution in [0.5, 0.6) is 23.0 Å². The first-order valence-corrected chi connectivity index (χ1v) is 14.8. The molecule has 0 spiro atoms. The first-order chi connectivity index (χ1) is 18.7. The lowest BCUT2D eigenvalue weighted by molar-refractivity contribution is -0.140. The van der Waals surface area contributed by atoms with Gasteiger partial charge in [-0.2, -0.15) is 4.72 Å². The molecule has 0 amide bonds. The van der Waals surface area contributed by atoms with Gasteiger partial charge in [-0.15, -0.1) is 12.4 Å². The molecular formula is C23H34Cl2N2O12S2. The van der Waals surface area contributed by atoms with E-state index in [1.54, 1.807) is 0 Å². The fraction of sp³-hybridized carbons (Fsp3) is 0.391. The van der Waals surface area contributed by atoms with Crippen molar-refractivity contribution >= 4 is 54.1 Å². The third-order valence-corrected chi connectivity index (χ3v) is 7.26. The van der Waals surface area contributed by atoms with E-state index in [4.69, 9.17) is 35.4 Å². The number of ether oxygens (including phenoxy) is 6. The van der Waals surface area contributed by atoms with Crippen LogP contribution in [0.15, 0.2) is 46.2 Å². The highest BCUT2D eigenvalue weighted by atomic mass is 35.7. The summed E-state index contributed by atoms with van der Waals surface area (Å²) in [7, 11) is 5.87. The second-order valence-corrected chi connectivity index (χ2v) is 11.3. The SMILES string of the molecule is COC(=O)CCN.COC(=O)CNS(=O)(=O)c1ccc(OC)c(OC)c1.COc1ccc(S(=O)(=O)Cl)cc1OC.Cl. The number of hydrogen-bond acceptors (Lipinski definition) is 13. The fourth-order valence-electron chi connectivity index (χ4n) is 2.48. The number of carbonyl (C=O) groups excluding carboxylic acids is 2. The van der Waals surface area contributed by atoms with Gasteiger partial charge < -0.3 is 34.2 Å². The zero-order valence-corrected chi connectivity index (χ0v) is 26.4. The van der Waals surface area contributed by atoms with Gasteiger partial charge in [0.15, 0.2) is 23.0 Å². The number of methoxy groups -OCH3 is 6. The Labute approximate surface area is 250 Å². The second-order valence-electron chi connectivity index (χ2n) is 6.99. The smallest absolute Gasteiger partial charge is 0.320 e. The molecular weight excluding hydrogens is 631 g/mol. The Morgan fingerprint density at radius 3 is 1.49 bits per heavy atom. The van der Waals surface area contributed by atoms with Crippen molar-refractivity contribution in [3.63, 3.8) is 0 Å². The number of halogens is 2. The number of esters is 2. The van der Waals surface area contributed by atoms with Crippen LogP contribution in [0.4, 0.5) is 0 Å². The number of carbonyl (C=O) groups is 2. The van der Waals surface area contributed by atoms with Crippen LogP contribution >= 0.6 is 23.1 Å². The molecule has 0 radical (unpaired) electrons. The molecule has 41 heavy (non-hydrogen) atoms. The van der Waals surface area contributed by atoms with Crippen LogP contribution in [-0.2, 0) is 38.1 Å². The van der Waals surface area contributed by atoms with E-state index in [2.05, 4.69) is 14.2 Å². The third kappa shape index (κ3) is 14.4. The quantitative estimate of drug-likeness (QED) is 0.260. The summed E-state index contributed by atoms with van der Waals surface area (Å²) in [6.07, 6.45) is 0.316. The van der Waals surface area contributed by atoms with Gasteiger partial charge in [0.1, 0.15) is 6.54 Å². The first-order valence-electron chi connectivity index (χ1n) is 11.0. The van der Waals surface area contributed by atoms with Gasteiger partial charge in [0.05, 0.1) is 58.9 Å². The molecule has 0 aromatic heterocycles. The standard InChI is InChI=1S/C11H15NO6S.C8H9ClO4S.C4H9NO2.ClH/c1-16-9-5-4-8(6-10(9)17-2)19(14,15)12-7-11(13)18-3;1-12-7-4-3-6(14(9,10)11)5-8(7)13-2;1-7-4(6)2-3-5;/h4-6,12H,7H2,1-3H3;3-5H,1-2H3;2-3,5H2,1H3;1H. The zero-order valence-electron chi connectivity index (χ0n) is 23.2. The van der Waals surface area contributed by atoms with Gasteiger partial charge >= 0.3 is 11.9 Å². The van der Waals surface area contributed by atoms with Crippen molar-refractivity contribution in [1.29, 1.82) is 0 Å². The van der Waals surface area contributed by atoms with Crippen molar-refractivity contribution in [2.45, 2.75) is 16.2 Å². The van der Waals surface area contributed by atoms with Crippen molar-refractivity contribution in [2.24, 2.45) is 5.73 Å². The minimum absolute atomic E-state index is 0. The summed E-state index contributed by atoms with van der Waals surface area (Å²) in [5.74, 6) is 0.551. The maximum atomic E-state index is 11.9. The Bertz CT molecular complexity index is 1320. The van der Waals surface area contributed by atoms with Gasteiger partial charge in [-0.05, 0) is 24.3 Å². The van der Waals surface area contributed by atoms with E-state index in [0.29, 0.717) is 30.2 Å². The average Bonchev–Trinajstić information content (AvgIpc) is 2.95. The van der Waals surface area contributed by atoms with Gasteiger partial charge in [0.25, 0.3) is 9.05 Å². The van der Waals surface area contributed by atoms with Crippen molar-refractivity contribution < 1.29 is 54.8 Å². The number of benzene rings is 2. The van der Waals surface area contributed by atoms with Gasteiger partial charge in [-0.25, -0.2) is 16.8 Å². The average molecular weight is 666 g/mol. The van der Waals surface area contributed by atoms with Crippen LogP contribution in [0, 0.1) is 0 Å². The van der Waals surface area contributed by atoms with E-state index in [1.165, 1.54) is 79.1 Å². The Hall–Kier alpha value is -3.02. The summed E-state index contributed by atoms with van der Waals surface area (Å²) in [4.78, 5) is 21.0. The summed E-state index contributed by atoms with van der Waals surface area (Å²) in [5.41, 5.74) is 5.00. The molecule has 14 nitrogen and oxygen atoms in total. The maximum Gasteiger partial charge on any atom is 0.320 e. The molecule has 0 atom stereocenters. The molecule has 0 bridgehead atoms. The van der Waals surface area contributed by atoms with Crippen molar-refractivity contribution in [3.8, 4) is 23.0 Å². The molecule has 0 aliphatic carbocycles. The highest BCUT2D eigenvalue weighted by molar-refractivity contribution is 8.13. The van der Waals surface area contributed by atoms with Gasteiger partial charge in [0, 0.05) is 29.4 Å². The number of nitrogens with two attached hydrogens (primary N) is 1. The van der Waals surface area contributed by atoms with Crippen LogP contribution < -0.4 is 29.4 Å². The van der Waals surface area contributed by atoms with E-state index in [1.807, 2.05) is 0 Å². The first kappa shape index (κ1) is 40.1. The van der Waals surface area contributed by atoms with Crippen molar-refractivity contribution in [1.82, 2.24) is 4.72 Å². The van der Waals surface area contributed by atoms with Crippen LogP contribution in [0.1, 0.15) is 6.42 Å². The lowest BCUT2D eigenvalue weighted by atomic mass is 10.3. The lowest BCUT2D eigenvalue weighted by Crippen LogP contribution is -2.30. The predicted molar refractivity (Wildman–Crippen MR) is 152 cm³/mol. The topological polar surface area (TPSA) is 196 Å². The van der Waals surface area contributed by atoms with Crippen LogP contribution in [0.2, 0.25) is 0 Å². The summed E-state index contributed by atoms with van der Waals surface area (Å²) < 4.78 is 76.4. The second kappa shape index (κ2) is 20.0. The van der Waals surface area contributed by atoms with Crippen LogP contribution in [0.3, 0.4) is 0 Å². The van der Waals surface area contributed by atoms with Gasteiger partial charge in [0.2, 0.25) is 10.0 Å². The summed E-state index contributed by atoms with van der Waals surface area (Å²) >= 11 is 0. The molecule has 0 fully saturated rings. The predicted octanol–water partition coefficient (Wildman–Crippen LogP) is 1.72. The Morgan fingerprint density at radius 1 is 0.732 bits per heavy atom. The van der Waals surface area contributed by atoms with Crippen molar-refractivity contribution in [3.05, 3.63) is 36.4 Å². The van der Waals surface area contributed by atoms with E-state index < -0.39 is 31.6 Å². The zero-order chi connectivity index (χ0) is 30.9. The minimum Gasteiger partial charge on any atom is -0.493 e. The third-order valence-electron chi connectivity index (χ3n) is 4.51. The molecule has 2 aromatic carbocycles. The molecule has 0 aliphatic rings. The number of sulfonamides is 1. The Balaban J connectivity index is 0. The summed E-state index contributed by atoms with van der Waals surface area (Å²) in [5, 5.41) is 0. The molecule has 3 N–H and O–H groups in total. The largest absolute Gasteiger partial charge is 0.493 e. The van der Waals surface area contributed by atoms with Crippen molar-refractivity contribution in [2.75, 3.05) is 55.7 Å². The summed E-state index contributed by atoms with van der Waals surface area (Å²) in [6.45, 7) is -0.0696. The molecule has 18 heteroatoms. The summed E-state index contributed by atoms with van der Waals surface area (Å²) in [6, 6.07) is 8.25. The van der Waals surface area contributed by atoms with Crippen LogP contribution in [0.25, 0.3) is 0 Å². The molecule has 0 saturated carbocycles. The van der Waals surface area contributed by atoms with E-state index in [9.17, 15) is 26.4 Å². The Morgan fingerprint density at radius 2 is 1.15 bits per heavy atom. The molecule has 2 aromatic rings. The molecule has 234 valence electrons. The fourth-order valence-corrected chi connectivity index (χ4v) is 4.23. The van der Waals surface area contributed by atoms with Gasteiger partial charge in [-0.3, -0.25) is 9.59 Å². The minimum atomic E-state index is -3.81. The van der Waals surface area contributed by atoms with E-state index in [0.717, 1.165) is 0 Å². The highest BCUT2D eigenvalue weighted by Gasteiger charge is 2.18. The molecule has 0 unspecified atom stereocenters. The molecule has 0 aliphatic heterocycles. The highest BCUT2D eigenvalue weighted by Crippen LogP contribution is 2.31. The number of nitrogens with one attached hydrogen (secondary N) is 1. The van der Waals surface area contributed by atoms with Crippen LogP contribution in [-0.4, -0.2) is 84.5 Å². The molecule has 0 saturated heterocycles. The lowest BCUT2D eigenvalue weighted by Gasteiger charge is -2.10.